The van der Waals surface area contributed by atoms with Crippen molar-refractivity contribution in [3.05, 3.63) is 71.2 Å². The predicted molar refractivity (Wildman–Crippen MR) is 122 cm³/mol. The first kappa shape index (κ1) is 21.7. The van der Waals surface area contributed by atoms with Crippen molar-refractivity contribution in [3.8, 4) is 10.6 Å². The molecule has 3 aromatic rings. The number of carbonyl (C=O) groups excluding carboxylic acids is 1. The predicted octanol–water partition coefficient (Wildman–Crippen LogP) is 3.84. The lowest BCUT2D eigenvalue weighted by atomic mass is 9.97. The number of nitrogens with zero attached hydrogens (tertiary/aromatic N) is 2. The van der Waals surface area contributed by atoms with Gasteiger partial charge in [0.05, 0.1) is 17.1 Å². The minimum absolute atomic E-state index is 0.0401. The van der Waals surface area contributed by atoms with E-state index in [9.17, 15) is 13.2 Å². The first-order valence-corrected chi connectivity index (χ1v) is 12.6. The maximum Gasteiger partial charge on any atom is 0.243 e. The first-order valence-electron chi connectivity index (χ1n) is 10.3. The van der Waals surface area contributed by atoms with Gasteiger partial charge in [-0.15, -0.1) is 11.3 Å². The van der Waals surface area contributed by atoms with Gasteiger partial charge in [-0.3, -0.25) is 4.79 Å². The summed E-state index contributed by atoms with van der Waals surface area (Å²) in [5, 5.41) is 5.85. The maximum atomic E-state index is 12.8. The molecule has 1 N–H and O–H groups in total. The highest BCUT2D eigenvalue weighted by Gasteiger charge is 2.32. The van der Waals surface area contributed by atoms with E-state index in [1.807, 2.05) is 42.6 Å². The van der Waals surface area contributed by atoms with Crippen LogP contribution in [0.5, 0.6) is 0 Å². The first-order chi connectivity index (χ1) is 14.9. The fourth-order valence-corrected chi connectivity index (χ4v) is 5.94. The number of amides is 1. The van der Waals surface area contributed by atoms with Crippen LogP contribution in [0.4, 0.5) is 0 Å². The van der Waals surface area contributed by atoms with Crippen molar-refractivity contribution in [1.82, 2.24) is 14.6 Å². The third-order valence-corrected chi connectivity index (χ3v) is 8.35. The molecule has 0 bridgehead atoms. The number of hydrogen-bond acceptors (Lipinski definition) is 5. The molecular weight excluding hydrogens is 430 g/mol. The number of hydrogen-bond donors (Lipinski definition) is 1. The zero-order valence-corrected chi connectivity index (χ0v) is 19.0. The van der Waals surface area contributed by atoms with E-state index in [0.717, 1.165) is 21.8 Å². The normalized spacial score (nSPS) is 15.6. The second-order valence-electron chi connectivity index (χ2n) is 7.72. The Balaban J connectivity index is 1.30. The van der Waals surface area contributed by atoms with Crippen LogP contribution in [-0.4, -0.2) is 36.7 Å². The van der Waals surface area contributed by atoms with E-state index in [-0.39, 0.29) is 11.8 Å². The van der Waals surface area contributed by atoms with E-state index in [2.05, 4.69) is 10.3 Å². The van der Waals surface area contributed by atoms with Gasteiger partial charge in [0, 0.05) is 30.0 Å². The average molecular weight is 456 g/mol. The Labute approximate surface area is 187 Å². The van der Waals surface area contributed by atoms with Gasteiger partial charge in [0.25, 0.3) is 0 Å². The average Bonchev–Trinajstić information content (AvgIpc) is 3.27. The van der Waals surface area contributed by atoms with E-state index in [4.69, 9.17) is 0 Å². The molecule has 8 heteroatoms. The number of piperidine rings is 1. The molecule has 0 unspecified atom stereocenters. The SMILES string of the molecule is Cc1ccc(S(=O)(=O)N2CCC(C(=O)NCc3csc(-c4ccccc4)n3)CC2)cc1. The molecule has 2 heterocycles. The van der Waals surface area contributed by atoms with Crippen LogP contribution in [-0.2, 0) is 21.4 Å². The van der Waals surface area contributed by atoms with Gasteiger partial charge in [0.2, 0.25) is 15.9 Å². The van der Waals surface area contributed by atoms with Crippen molar-refractivity contribution in [3.63, 3.8) is 0 Å². The van der Waals surface area contributed by atoms with Gasteiger partial charge in [-0.2, -0.15) is 4.31 Å². The Bertz CT molecular complexity index is 1130. The Morgan fingerprint density at radius 2 is 1.77 bits per heavy atom. The summed E-state index contributed by atoms with van der Waals surface area (Å²) in [6.45, 7) is 3.00. The summed E-state index contributed by atoms with van der Waals surface area (Å²) in [4.78, 5) is 17.5. The molecule has 0 saturated carbocycles. The van der Waals surface area contributed by atoms with Crippen LogP contribution < -0.4 is 5.32 Å². The second-order valence-corrected chi connectivity index (χ2v) is 10.5. The second kappa shape index (κ2) is 9.30. The Kier molecular flexibility index (Phi) is 6.50. The number of sulfonamides is 1. The van der Waals surface area contributed by atoms with Crippen LogP contribution in [0.3, 0.4) is 0 Å². The maximum absolute atomic E-state index is 12.8. The molecule has 6 nitrogen and oxygen atoms in total. The molecule has 1 amide bonds. The molecule has 1 aliphatic rings. The van der Waals surface area contributed by atoms with Gasteiger partial charge in [-0.25, -0.2) is 13.4 Å². The van der Waals surface area contributed by atoms with Crippen LogP contribution in [0, 0.1) is 12.8 Å². The van der Waals surface area contributed by atoms with Crippen molar-refractivity contribution in [2.75, 3.05) is 13.1 Å². The third kappa shape index (κ3) is 5.03. The van der Waals surface area contributed by atoms with Gasteiger partial charge in [0.1, 0.15) is 5.01 Å². The Hall–Kier alpha value is -2.55. The topological polar surface area (TPSA) is 79.4 Å². The van der Waals surface area contributed by atoms with Crippen molar-refractivity contribution in [2.24, 2.45) is 5.92 Å². The number of benzene rings is 2. The quantitative estimate of drug-likeness (QED) is 0.613. The van der Waals surface area contributed by atoms with Crippen LogP contribution >= 0.6 is 11.3 Å². The highest BCUT2D eigenvalue weighted by molar-refractivity contribution is 7.89. The standard InChI is InChI=1S/C23H25N3O3S2/c1-17-7-9-21(10-8-17)31(28,29)26-13-11-18(12-14-26)22(27)24-15-20-16-30-23(25-20)19-5-3-2-4-6-19/h2-10,16,18H,11-15H2,1H3,(H,24,27). The Morgan fingerprint density at radius 3 is 2.45 bits per heavy atom. The Morgan fingerprint density at radius 1 is 1.10 bits per heavy atom. The van der Waals surface area contributed by atoms with Crippen molar-refractivity contribution in [1.29, 1.82) is 0 Å². The zero-order chi connectivity index (χ0) is 21.8. The number of rotatable bonds is 6. The van der Waals surface area contributed by atoms with Gasteiger partial charge >= 0.3 is 0 Å². The highest BCUT2D eigenvalue weighted by atomic mass is 32.2. The fourth-order valence-electron chi connectivity index (χ4n) is 3.64. The number of carbonyl (C=O) groups is 1. The summed E-state index contributed by atoms with van der Waals surface area (Å²) in [7, 11) is -3.51. The number of aromatic nitrogens is 1. The fraction of sp³-hybridized carbons (Fsp3) is 0.304. The molecule has 4 rings (SSSR count). The minimum Gasteiger partial charge on any atom is -0.350 e. The van der Waals surface area contributed by atoms with Crippen LogP contribution in [0.15, 0.2) is 64.9 Å². The number of aryl methyl sites for hydroxylation is 1. The summed E-state index contributed by atoms with van der Waals surface area (Å²) in [5.41, 5.74) is 2.91. The lowest BCUT2D eigenvalue weighted by Gasteiger charge is -2.30. The molecular formula is C23H25N3O3S2. The molecule has 0 aliphatic carbocycles. The van der Waals surface area contributed by atoms with E-state index >= 15 is 0 Å². The molecule has 31 heavy (non-hydrogen) atoms. The van der Waals surface area contributed by atoms with Crippen molar-refractivity contribution < 1.29 is 13.2 Å². The molecule has 2 aromatic carbocycles. The molecule has 1 aliphatic heterocycles. The zero-order valence-electron chi connectivity index (χ0n) is 17.3. The molecule has 162 valence electrons. The minimum atomic E-state index is -3.51. The van der Waals surface area contributed by atoms with Crippen LogP contribution in [0.25, 0.3) is 10.6 Å². The monoisotopic (exact) mass is 455 g/mol. The molecule has 1 fully saturated rings. The van der Waals surface area contributed by atoms with E-state index in [1.165, 1.54) is 4.31 Å². The van der Waals surface area contributed by atoms with E-state index < -0.39 is 10.0 Å². The summed E-state index contributed by atoms with van der Waals surface area (Å²) in [6, 6.07) is 16.8. The third-order valence-electron chi connectivity index (χ3n) is 5.50. The van der Waals surface area contributed by atoms with Crippen LogP contribution in [0.2, 0.25) is 0 Å². The lowest BCUT2D eigenvalue weighted by molar-refractivity contribution is -0.126. The summed E-state index contributed by atoms with van der Waals surface area (Å²) >= 11 is 1.56. The number of thiazole rings is 1. The van der Waals surface area contributed by atoms with Crippen molar-refractivity contribution >= 4 is 27.3 Å². The van der Waals surface area contributed by atoms with E-state index in [0.29, 0.717) is 37.4 Å². The summed E-state index contributed by atoms with van der Waals surface area (Å²) < 4.78 is 27.1. The van der Waals surface area contributed by atoms with Crippen LogP contribution in [0.1, 0.15) is 24.1 Å². The van der Waals surface area contributed by atoms with Gasteiger partial charge in [-0.05, 0) is 31.9 Å². The van der Waals surface area contributed by atoms with Gasteiger partial charge in [0.15, 0.2) is 0 Å². The summed E-state index contributed by atoms with van der Waals surface area (Å²) in [5.74, 6) is -0.224. The lowest BCUT2D eigenvalue weighted by Crippen LogP contribution is -2.42. The van der Waals surface area contributed by atoms with Gasteiger partial charge < -0.3 is 5.32 Å². The number of nitrogens with one attached hydrogen (secondary N) is 1. The molecule has 0 atom stereocenters. The highest BCUT2D eigenvalue weighted by Crippen LogP contribution is 2.25. The molecule has 1 aromatic heterocycles. The summed E-state index contributed by atoms with van der Waals surface area (Å²) in [6.07, 6.45) is 1.03. The molecule has 0 radical (unpaired) electrons. The molecule has 0 spiro atoms. The van der Waals surface area contributed by atoms with Gasteiger partial charge in [-0.1, -0.05) is 48.0 Å². The van der Waals surface area contributed by atoms with Crippen molar-refractivity contribution in [2.45, 2.75) is 31.2 Å². The van der Waals surface area contributed by atoms with E-state index in [1.54, 1.807) is 35.6 Å². The molecule has 1 saturated heterocycles. The smallest absolute Gasteiger partial charge is 0.243 e. The largest absolute Gasteiger partial charge is 0.350 e.